The van der Waals surface area contributed by atoms with Crippen molar-refractivity contribution >= 4 is 11.6 Å². The quantitative estimate of drug-likeness (QED) is 0.558. The molecular weight excluding hydrogens is 140 g/mol. The van der Waals surface area contributed by atoms with Gasteiger partial charge in [-0.2, -0.15) is 0 Å². The maximum absolute atomic E-state index is 5.42. The Morgan fingerprint density at radius 3 is 3.00 bits per heavy atom. The molecule has 0 unspecified atom stereocenters. The van der Waals surface area contributed by atoms with Gasteiger partial charge in [-0.1, -0.05) is 18.2 Å². The van der Waals surface area contributed by atoms with E-state index in [4.69, 9.17) is 21.1 Å². The van der Waals surface area contributed by atoms with Gasteiger partial charge in [-0.15, -0.1) is 0 Å². The first-order valence-corrected chi connectivity index (χ1v) is 3.19. The van der Waals surface area contributed by atoms with Gasteiger partial charge in [-0.05, 0) is 0 Å². The van der Waals surface area contributed by atoms with Gasteiger partial charge in [0.1, 0.15) is 6.10 Å². The first-order valence-electron chi connectivity index (χ1n) is 2.81. The molecule has 2 nitrogen and oxygen atoms in total. The van der Waals surface area contributed by atoms with E-state index in [2.05, 4.69) is 6.58 Å². The van der Waals surface area contributed by atoms with E-state index in [0.29, 0.717) is 24.4 Å². The van der Waals surface area contributed by atoms with Crippen LogP contribution in [0, 0.1) is 0 Å². The van der Waals surface area contributed by atoms with Gasteiger partial charge in [-0.3, -0.25) is 0 Å². The van der Waals surface area contributed by atoms with Crippen molar-refractivity contribution in [2.75, 3.05) is 19.8 Å². The van der Waals surface area contributed by atoms with Crippen LogP contribution in [0.15, 0.2) is 11.6 Å². The van der Waals surface area contributed by atoms with Crippen molar-refractivity contribution in [3.63, 3.8) is 0 Å². The monoisotopic (exact) mass is 148 g/mol. The van der Waals surface area contributed by atoms with Crippen LogP contribution in [-0.2, 0) is 9.47 Å². The molecule has 1 saturated heterocycles. The lowest BCUT2D eigenvalue weighted by molar-refractivity contribution is 0.139. The van der Waals surface area contributed by atoms with Gasteiger partial charge in [0.2, 0.25) is 0 Å². The molecule has 0 N–H and O–H groups in total. The van der Waals surface area contributed by atoms with E-state index in [1.165, 1.54) is 0 Å². The zero-order valence-corrected chi connectivity index (χ0v) is 5.86. The molecule has 1 atom stereocenters. The summed E-state index contributed by atoms with van der Waals surface area (Å²) in [7, 11) is 0. The largest absolute Gasteiger partial charge is 0.373 e. The third-order valence-electron chi connectivity index (χ3n) is 0.965. The predicted octanol–water partition coefficient (Wildman–Crippen LogP) is 1.15. The molecule has 0 aromatic rings. The SMILES string of the molecule is C=C(Cl)COC[C@@H]1CO1. The number of hydrogen-bond acceptors (Lipinski definition) is 2. The number of ether oxygens (including phenoxy) is 2. The Kier molecular flexibility index (Phi) is 2.51. The van der Waals surface area contributed by atoms with Crippen LogP contribution in [0.2, 0.25) is 0 Å². The zero-order chi connectivity index (χ0) is 6.69. The molecule has 0 aliphatic carbocycles. The molecule has 0 bridgehead atoms. The van der Waals surface area contributed by atoms with E-state index in [-0.39, 0.29) is 0 Å². The Morgan fingerprint density at radius 1 is 1.89 bits per heavy atom. The van der Waals surface area contributed by atoms with E-state index >= 15 is 0 Å². The Balaban J connectivity index is 1.86. The molecule has 1 aliphatic heterocycles. The Hall–Kier alpha value is -0.0500. The summed E-state index contributed by atoms with van der Waals surface area (Å²) in [6.07, 6.45) is 0.320. The molecule has 1 fully saturated rings. The fourth-order valence-electron chi connectivity index (χ4n) is 0.465. The topological polar surface area (TPSA) is 21.8 Å². The lowest BCUT2D eigenvalue weighted by Gasteiger charge is -1.96. The predicted molar refractivity (Wildman–Crippen MR) is 35.6 cm³/mol. The minimum absolute atomic E-state index is 0.320. The molecule has 0 radical (unpaired) electrons. The number of epoxide rings is 1. The van der Waals surface area contributed by atoms with Gasteiger partial charge in [0, 0.05) is 5.03 Å². The van der Waals surface area contributed by atoms with E-state index in [1.54, 1.807) is 0 Å². The number of halogens is 1. The molecule has 3 heteroatoms. The molecule has 52 valence electrons. The van der Waals surface area contributed by atoms with Gasteiger partial charge < -0.3 is 9.47 Å². The third kappa shape index (κ3) is 3.51. The second kappa shape index (κ2) is 3.20. The number of rotatable bonds is 4. The summed E-state index contributed by atoms with van der Waals surface area (Å²) in [6.45, 7) is 5.38. The minimum Gasteiger partial charge on any atom is -0.373 e. The van der Waals surface area contributed by atoms with Gasteiger partial charge in [0.05, 0.1) is 19.8 Å². The molecule has 0 amide bonds. The van der Waals surface area contributed by atoms with Crippen LogP contribution in [0.4, 0.5) is 0 Å². The minimum atomic E-state index is 0.320. The molecule has 0 saturated carbocycles. The smallest absolute Gasteiger partial charge is 0.104 e. The van der Waals surface area contributed by atoms with Crippen molar-refractivity contribution < 1.29 is 9.47 Å². The molecule has 9 heavy (non-hydrogen) atoms. The van der Waals surface area contributed by atoms with E-state index < -0.39 is 0 Å². The Labute approximate surface area is 59.4 Å². The van der Waals surface area contributed by atoms with Crippen molar-refractivity contribution in [1.82, 2.24) is 0 Å². The lowest BCUT2D eigenvalue weighted by Crippen LogP contribution is -2.01. The van der Waals surface area contributed by atoms with E-state index in [9.17, 15) is 0 Å². The summed E-state index contributed by atoms with van der Waals surface area (Å²) in [6, 6.07) is 0. The normalized spacial score (nSPS) is 23.9. The fraction of sp³-hybridized carbons (Fsp3) is 0.667. The van der Waals surface area contributed by atoms with Crippen molar-refractivity contribution in [3.05, 3.63) is 11.6 Å². The van der Waals surface area contributed by atoms with E-state index in [0.717, 1.165) is 6.61 Å². The molecule has 0 aromatic carbocycles. The maximum atomic E-state index is 5.42. The van der Waals surface area contributed by atoms with Crippen LogP contribution in [0.25, 0.3) is 0 Å². The van der Waals surface area contributed by atoms with Gasteiger partial charge in [0.25, 0.3) is 0 Å². The standard InChI is InChI=1S/C6H9ClO2/c1-5(7)2-8-3-6-4-9-6/h6H,1-4H2/t6-/m1/s1. The van der Waals surface area contributed by atoms with Gasteiger partial charge >= 0.3 is 0 Å². The molecule has 1 aliphatic rings. The summed E-state index contributed by atoms with van der Waals surface area (Å²) < 4.78 is 9.96. The highest BCUT2D eigenvalue weighted by atomic mass is 35.5. The van der Waals surface area contributed by atoms with Crippen molar-refractivity contribution in [2.24, 2.45) is 0 Å². The van der Waals surface area contributed by atoms with Crippen molar-refractivity contribution in [3.8, 4) is 0 Å². The Bertz CT molecular complexity index is 110. The highest BCUT2D eigenvalue weighted by Gasteiger charge is 2.21. The lowest BCUT2D eigenvalue weighted by atomic mass is 10.5. The molecule has 1 heterocycles. The zero-order valence-electron chi connectivity index (χ0n) is 5.10. The Morgan fingerprint density at radius 2 is 2.56 bits per heavy atom. The molecule has 0 aromatic heterocycles. The second-order valence-corrected chi connectivity index (χ2v) is 2.52. The van der Waals surface area contributed by atoms with Crippen LogP contribution >= 0.6 is 11.6 Å². The van der Waals surface area contributed by atoms with Crippen LogP contribution in [0.5, 0.6) is 0 Å². The third-order valence-corrected chi connectivity index (χ3v) is 1.07. The van der Waals surface area contributed by atoms with E-state index in [1.807, 2.05) is 0 Å². The average molecular weight is 149 g/mol. The van der Waals surface area contributed by atoms with Gasteiger partial charge in [-0.25, -0.2) is 0 Å². The summed E-state index contributed by atoms with van der Waals surface area (Å²) in [5, 5.41) is 0.538. The van der Waals surface area contributed by atoms with Crippen molar-refractivity contribution in [1.29, 1.82) is 0 Å². The first kappa shape index (κ1) is 7.06. The van der Waals surface area contributed by atoms with Crippen LogP contribution < -0.4 is 0 Å². The second-order valence-electron chi connectivity index (χ2n) is 1.99. The van der Waals surface area contributed by atoms with Crippen LogP contribution in [0.3, 0.4) is 0 Å². The fourth-order valence-corrected chi connectivity index (χ4v) is 0.543. The van der Waals surface area contributed by atoms with Crippen LogP contribution in [0.1, 0.15) is 0 Å². The summed E-state index contributed by atoms with van der Waals surface area (Å²) in [4.78, 5) is 0. The average Bonchev–Trinajstić information content (AvgIpc) is 2.48. The summed E-state index contributed by atoms with van der Waals surface area (Å²) in [5.74, 6) is 0. The highest BCUT2D eigenvalue weighted by molar-refractivity contribution is 6.29. The summed E-state index contributed by atoms with van der Waals surface area (Å²) >= 11 is 5.42. The van der Waals surface area contributed by atoms with Gasteiger partial charge in [0.15, 0.2) is 0 Å². The maximum Gasteiger partial charge on any atom is 0.104 e. The first-order chi connectivity index (χ1) is 4.29. The molecular formula is C6H9ClO2. The summed E-state index contributed by atoms with van der Waals surface area (Å²) in [5.41, 5.74) is 0. The van der Waals surface area contributed by atoms with Crippen molar-refractivity contribution in [2.45, 2.75) is 6.10 Å². The highest BCUT2D eigenvalue weighted by Crippen LogP contribution is 2.09. The number of hydrogen-bond donors (Lipinski definition) is 0. The molecule has 1 rings (SSSR count). The van der Waals surface area contributed by atoms with Crippen LogP contribution in [-0.4, -0.2) is 25.9 Å². The molecule has 0 spiro atoms.